The van der Waals surface area contributed by atoms with Gasteiger partial charge in [-0.3, -0.25) is 0 Å². The first-order valence-electron chi connectivity index (χ1n) is 5.97. The van der Waals surface area contributed by atoms with E-state index in [1.807, 2.05) is 33.3 Å². The SMILES string of the molecule is CNc1ncc(C)c(N(C)Cc2ccccc2)n1. The summed E-state index contributed by atoms with van der Waals surface area (Å²) < 4.78 is 0. The minimum atomic E-state index is 0.649. The van der Waals surface area contributed by atoms with Gasteiger partial charge in [-0.05, 0) is 12.5 Å². The molecule has 0 bridgehead atoms. The number of nitrogens with zero attached hydrogens (tertiary/aromatic N) is 3. The molecule has 0 aliphatic carbocycles. The molecule has 0 atom stereocenters. The Labute approximate surface area is 108 Å². The maximum Gasteiger partial charge on any atom is 0.224 e. The first kappa shape index (κ1) is 12.4. The minimum absolute atomic E-state index is 0.649. The number of hydrogen-bond donors (Lipinski definition) is 1. The molecule has 4 nitrogen and oxygen atoms in total. The van der Waals surface area contributed by atoms with Crippen molar-refractivity contribution in [3.8, 4) is 0 Å². The molecule has 0 aliphatic rings. The topological polar surface area (TPSA) is 41.1 Å². The van der Waals surface area contributed by atoms with E-state index < -0.39 is 0 Å². The minimum Gasteiger partial charge on any atom is -0.357 e. The Morgan fingerprint density at radius 3 is 2.61 bits per heavy atom. The van der Waals surface area contributed by atoms with E-state index in [9.17, 15) is 0 Å². The highest BCUT2D eigenvalue weighted by molar-refractivity contribution is 5.48. The summed E-state index contributed by atoms with van der Waals surface area (Å²) in [7, 11) is 3.87. The first-order valence-corrected chi connectivity index (χ1v) is 5.97. The summed E-state index contributed by atoms with van der Waals surface area (Å²) in [5.41, 5.74) is 2.34. The Bertz CT molecular complexity index is 510. The Morgan fingerprint density at radius 2 is 1.94 bits per heavy atom. The standard InChI is InChI=1S/C14H18N4/c1-11-9-16-14(15-2)17-13(11)18(3)10-12-7-5-4-6-8-12/h4-9H,10H2,1-3H3,(H,15,16,17). The van der Waals surface area contributed by atoms with Gasteiger partial charge in [-0.2, -0.15) is 4.98 Å². The molecule has 0 fully saturated rings. The lowest BCUT2D eigenvalue weighted by atomic mass is 10.2. The van der Waals surface area contributed by atoms with E-state index in [2.05, 4.69) is 44.5 Å². The summed E-state index contributed by atoms with van der Waals surface area (Å²) in [6, 6.07) is 10.4. The van der Waals surface area contributed by atoms with Gasteiger partial charge in [-0.15, -0.1) is 0 Å². The molecule has 0 aliphatic heterocycles. The summed E-state index contributed by atoms with van der Waals surface area (Å²) in [5, 5.41) is 2.96. The van der Waals surface area contributed by atoms with Crippen molar-refractivity contribution in [2.24, 2.45) is 0 Å². The number of anilines is 2. The third kappa shape index (κ3) is 2.77. The quantitative estimate of drug-likeness (QED) is 0.894. The van der Waals surface area contributed by atoms with Gasteiger partial charge in [0.15, 0.2) is 0 Å². The Hall–Kier alpha value is -2.10. The number of aryl methyl sites for hydroxylation is 1. The molecular weight excluding hydrogens is 224 g/mol. The van der Waals surface area contributed by atoms with Crippen molar-refractivity contribution in [1.82, 2.24) is 9.97 Å². The van der Waals surface area contributed by atoms with E-state index in [1.54, 1.807) is 0 Å². The lowest BCUT2D eigenvalue weighted by molar-refractivity contribution is 0.883. The first-order chi connectivity index (χ1) is 8.70. The molecule has 1 heterocycles. The molecule has 0 amide bonds. The van der Waals surface area contributed by atoms with Crippen molar-refractivity contribution in [1.29, 1.82) is 0 Å². The largest absolute Gasteiger partial charge is 0.357 e. The molecular formula is C14H18N4. The molecule has 0 saturated carbocycles. The van der Waals surface area contributed by atoms with Crippen LogP contribution in [0, 0.1) is 6.92 Å². The van der Waals surface area contributed by atoms with Crippen molar-refractivity contribution in [3.05, 3.63) is 47.7 Å². The molecule has 0 radical (unpaired) electrons. The average Bonchev–Trinajstić information content (AvgIpc) is 2.40. The number of rotatable bonds is 4. The Balaban J connectivity index is 2.20. The normalized spacial score (nSPS) is 10.2. The molecule has 18 heavy (non-hydrogen) atoms. The lowest BCUT2D eigenvalue weighted by Gasteiger charge is -2.20. The molecule has 0 spiro atoms. The van der Waals surface area contributed by atoms with Crippen LogP contribution in [0.1, 0.15) is 11.1 Å². The van der Waals surface area contributed by atoms with Crippen LogP contribution in [0.5, 0.6) is 0 Å². The summed E-state index contributed by atoms with van der Waals surface area (Å²) in [6.07, 6.45) is 1.84. The van der Waals surface area contributed by atoms with E-state index >= 15 is 0 Å². The second-order valence-corrected chi connectivity index (χ2v) is 4.29. The summed E-state index contributed by atoms with van der Waals surface area (Å²) >= 11 is 0. The van der Waals surface area contributed by atoms with Gasteiger partial charge in [0.05, 0.1) is 0 Å². The van der Waals surface area contributed by atoms with E-state index in [0.717, 1.165) is 17.9 Å². The maximum atomic E-state index is 4.49. The van der Waals surface area contributed by atoms with Gasteiger partial charge >= 0.3 is 0 Å². The highest BCUT2D eigenvalue weighted by Gasteiger charge is 2.08. The Kier molecular flexibility index (Phi) is 3.77. The van der Waals surface area contributed by atoms with Gasteiger partial charge in [-0.25, -0.2) is 4.98 Å². The van der Waals surface area contributed by atoms with Crippen LogP contribution in [0.15, 0.2) is 36.5 Å². The van der Waals surface area contributed by atoms with Gasteiger partial charge in [0, 0.05) is 32.4 Å². The fraction of sp³-hybridized carbons (Fsp3) is 0.286. The number of benzene rings is 1. The second-order valence-electron chi connectivity index (χ2n) is 4.29. The number of nitrogens with one attached hydrogen (secondary N) is 1. The van der Waals surface area contributed by atoms with E-state index in [1.165, 1.54) is 5.56 Å². The lowest BCUT2D eigenvalue weighted by Crippen LogP contribution is -2.19. The zero-order valence-electron chi connectivity index (χ0n) is 11.0. The van der Waals surface area contributed by atoms with Crippen molar-refractivity contribution >= 4 is 11.8 Å². The third-order valence-corrected chi connectivity index (χ3v) is 2.79. The summed E-state index contributed by atoms with van der Waals surface area (Å²) in [4.78, 5) is 10.8. The van der Waals surface area contributed by atoms with Gasteiger partial charge in [0.25, 0.3) is 0 Å². The van der Waals surface area contributed by atoms with Crippen LogP contribution in [0.25, 0.3) is 0 Å². The van der Waals surface area contributed by atoms with Crippen LogP contribution in [0.2, 0.25) is 0 Å². The van der Waals surface area contributed by atoms with Gasteiger partial charge in [-0.1, -0.05) is 30.3 Å². The average molecular weight is 242 g/mol. The van der Waals surface area contributed by atoms with E-state index in [0.29, 0.717) is 5.95 Å². The summed E-state index contributed by atoms with van der Waals surface area (Å²) in [6.45, 7) is 2.86. The number of aromatic nitrogens is 2. The third-order valence-electron chi connectivity index (χ3n) is 2.79. The van der Waals surface area contributed by atoms with Crippen LogP contribution in [0.3, 0.4) is 0 Å². The van der Waals surface area contributed by atoms with E-state index in [4.69, 9.17) is 0 Å². The summed E-state index contributed by atoms with van der Waals surface area (Å²) in [5.74, 6) is 1.61. The molecule has 4 heteroatoms. The fourth-order valence-corrected chi connectivity index (χ4v) is 1.87. The molecule has 1 aromatic heterocycles. The second kappa shape index (κ2) is 5.49. The van der Waals surface area contributed by atoms with Crippen molar-refractivity contribution in [3.63, 3.8) is 0 Å². The predicted molar refractivity (Wildman–Crippen MR) is 74.9 cm³/mol. The van der Waals surface area contributed by atoms with Crippen molar-refractivity contribution in [2.75, 3.05) is 24.3 Å². The molecule has 2 aromatic rings. The highest BCUT2D eigenvalue weighted by atomic mass is 15.2. The smallest absolute Gasteiger partial charge is 0.224 e. The predicted octanol–water partition coefficient (Wildman–Crippen LogP) is 2.46. The molecule has 0 saturated heterocycles. The number of hydrogen-bond acceptors (Lipinski definition) is 4. The molecule has 1 N–H and O–H groups in total. The van der Waals surface area contributed by atoms with Crippen molar-refractivity contribution in [2.45, 2.75) is 13.5 Å². The molecule has 94 valence electrons. The zero-order valence-corrected chi connectivity index (χ0v) is 11.0. The van der Waals surface area contributed by atoms with E-state index in [-0.39, 0.29) is 0 Å². The van der Waals surface area contributed by atoms with Gasteiger partial charge in [0.2, 0.25) is 5.95 Å². The highest BCUT2D eigenvalue weighted by Crippen LogP contribution is 2.18. The van der Waals surface area contributed by atoms with Crippen LogP contribution in [-0.4, -0.2) is 24.1 Å². The van der Waals surface area contributed by atoms with Gasteiger partial charge < -0.3 is 10.2 Å². The van der Waals surface area contributed by atoms with Gasteiger partial charge in [0.1, 0.15) is 5.82 Å². The molecule has 0 unspecified atom stereocenters. The van der Waals surface area contributed by atoms with Crippen molar-refractivity contribution < 1.29 is 0 Å². The van der Waals surface area contributed by atoms with Crippen LogP contribution in [0.4, 0.5) is 11.8 Å². The van der Waals surface area contributed by atoms with Crippen LogP contribution in [-0.2, 0) is 6.54 Å². The monoisotopic (exact) mass is 242 g/mol. The fourth-order valence-electron chi connectivity index (χ4n) is 1.87. The maximum absolute atomic E-state index is 4.49. The molecule has 1 aromatic carbocycles. The zero-order chi connectivity index (χ0) is 13.0. The Morgan fingerprint density at radius 1 is 1.22 bits per heavy atom. The van der Waals surface area contributed by atoms with Crippen LogP contribution >= 0.6 is 0 Å². The molecule has 2 rings (SSSR count). The van der Waals surface area contributed by atoms with Crippen LogP contribution < -0.4 is 10.2 Å².